The number of aromatic nitrogens is 1. The van der Waals surface area contributed by atoms with Gasteiger partial charge in [-0.3, -0.25) is 9.59 Å². The van der Waals surface area contributed by atoms with E-state index in [1.165, 1.54) is 6.42 Å². The van der Waals surface area contributed by atoms with E-state index in [-0.39, 0.29) is 11.8 Å². The van der Waals surface area contributed by atoms with Gasteiger partial charge in [-0.2, -0.15) is 0 Å². The average Bonchev–Trinajstić information content (AvgIpc) is 2.45. The summed E-state index contributed by atoms with van der Waals surface area (Å²) in [5.41, 5.74) is 6.46. The van der Waals surface area contributed by atoms with E-state index in [1.54, 1.807) is 6.07 Å². The van der Waals surface area contributed by atoms with Gasteiger partial charge in [0.2, 0.25) is 5.91 Å². The maximum atomic E-state index is 12.4. The number of nitrogens with zero attached hydrogens (tertiary/aromatic N) is 2. The van der Waals surface area contributed by atoms with Crippen molar-refractivity contribution in [3.63, 3.8) is 0 Å². The molecule has 0 bridgehead atoms. The highest BCUT2D eigenvalue weighted by atomic mass is 16.2. The number of hydrogen-bond acceptors (Lipinski definition) is 3. The van der Waals surface area contributed by atoms with Crippen LogP contribution in [0.2, 0.25) is 0 Å². The lowest BCUT2D eigenvalue weighted by atomic mass is 9.83. The minimum atomic E-state index is -0.505. The highest BCUT2D eigenvalue weighted by molar-refractivity contribution is 5.90. The summed E-state index contributed by atoms with van der Waals surface area (Å²) in [7, 11) is 0. The van der Waals surface area contributed by atoms with Gasteiger partial charge in [0, 0.05) is 30.6 Å². The Morgan fingerprint density at radius 1 is 1.19 bits per heavy atom. The van der Waals surface area contributed by atoms with Gasteiger partial charge in [-0.1, -0.05) is 12.5 Å². The van der Waals surface area contributed by atoms with Crippen LogP contribution in [-0.2, 0) is 4.79 Å². The van der Waals surface area contributed by atoms with Gasteiger partial charge in [0.25, 0.3) is 5.91 Å². The Hall–Kier alpha value is -1.91. The number of hydrogen-bond donors (Lipinski definition) is 1. The Morgan fingerprint density at radius 2 is 2.00 bits per heavy atom. The molecule has 1 aliphatic carbocycles. The molecule has 1 saturated heterocycles. The summed E-state index contributed by atoms with van der Waals surface area (Å²) in [6.07, 6.45) is 5.25. The van der Waals surface area contributed by atoms with Crippen molar-refractivity contribution in [1.29, 1.82) is 0 Å². The fraction of sp³-hybridized carbons (Fsp3) is 0.562. The number of carbonyl (C=O) groups is 2. The maximum Gasteiger partial charge on any atom is 0.267 e. The minimum Gasteiger partial charge on any atom is -0.364 e. The predicted octanol–water partition coefficient (Wildman–Crippen LogP) is 1.69. The molecule has 1 aliphatic heterocycles. The van der Waals surface area contributed by atoms with Crippen LogP contribution < -0.4 is 5.73 Å². The molecule has 2 fully saturated rings. The van der Waals surface area contributed by atoms with E-state index in [2.05, 4.69) is 4.98 Å². The Kier molecular flexibility index (Phi) is 3.90. The second-order valence-corrected chi connectivity index (χ2v) is 6.06. The molecular formula is C16H21N3O2. The van der Waals surface area contributed by atoms with Crippen LogP contribution in [0.1, 0.15) is 54.2 Å². The van der Waals surface area contributed by atoms with Gasteiger partial charge in [-0.25, -0.2) is 4.98 Å². The van der Waals surface area contributed by atoms with Crippen molar-refractivity contribution in [2.75, 3.05) is 13.1 Å². The van der Waals surface area contributed by atoms with E-state index < -0.39 is 5.91 Å². The van der Waals surface area contributed by atoms with E-state index in [9.17, 15) is 9.59 Å². The summed E-state index contributed by atoms with van der Waals surface area (Å²) in [5, 5.41) is 0. The summed E-state index contributed by atoms with van der Waals surface area (Å²) in [6.45, 7) is 1.56. The van der Waals surface area contributed by atoms with Crippen LogP contribution >= 0.6 is 0 Å². The van der Waals surface area contributed by atoms with Crippen molar-refractivity contribution >= 4 is 11.8 Å². The Morgan fingerprint density at radius 3 is 2.67 bits per heavy atom. The standard InChI is InChI=1S/C16H21N3O2/c17-15(20)14-8-2-7-13(18-14)12-6-3-9-19(10-12)16(21)11-4-1-5-11/h2,7-8,11-12H,1,3-6,9-10H2,(H2,17,20). The first-order valence-corrected chi connectivity index (χ1v) is 7.70. The molecule has 0 radical (unpaired) electrons. The summed E-state index contributed by atoms with van der Waals surface area (Å²) >= 11 is 0. The molecule has 3 rings (SSSR count). The normalized spacial score (nSPS) is 22.7. The summed E-state index contributed by atoms with van der Waals surface area (Å²) < 4.78 is 0. The molecule has 2 N–H and O–H groups in total. The summed E-state index contributed by atoms with van der Waals surface area (Å²) in [4.78, 5) is 29.9. The summed E-state index contributed by atoms with van der Waals surface area (Å²) in [5.74, 6) is 0.253. The molecule has 5 heteroatoms. The lowest BCUT2D eigenvalue weighted by Gasteiger charge is -2.37. The first-order chi connectivity index (χ1) is 10.1. The zero-order valence-corrected chi connectivity index (χ0v) is 12.1. The molecule has 2 heterocycles. The van der Waals surface area contributed by atoms with Crippen molar-refractivity contribution in [2.45, 2.75) is 38.0 Å². The SMILES string of the molecule is NC(=O)c1cccc(C2CCCN(C(=O)C3CCC3)C2)n1. The lowest BCUT2D eigenvalue weighted by molar-refractivity contribution is -0.139. The fourth-order valence-corrected chi connectivity index (χ4v) is 3.15. The van der Waals surface area contributed by atoms with Gasteiger partial charge in [-0.05, 0) is 37.8 Å². The zero-order valence-electron chi connectivity index (χ0n) is 12.1. The van der Waals surface area contributed by atoms with E-state index in [0.717, 1.165) is 37.9 Å². The molecule has 2 amide bonds. The number of primary amides is 1. The molecule has 21 heavy (non-hydrogen) atoms. The molecule has 5 nitrogen and oxygen atoms in total. The molecule has 2 aliphatic rings. The highest BCUT2D eigenvalue weighted by Gasteiger charge is 2.32. The number of pyridine rings is 1. The first-order valence-electron chi connectivity index (χ1n) is 7.70. The largest absolute Gasteiger partial charge is 0.364 e. The number of likely N-dealkylation sites (tertiary alicyclic amines) is 1. The molecule has 1 saturated carbocycles. The van der Waals surface area contributed by atoms with Crippen LogP contribution in [0.25, 0.3) is 0 Å². The van der Waals surface area contributed by atoms with Crippen molar-refractivity contribution in [3.05, 3.63) is 29.6 Å². The second-order valence-electron chi connectivity index (χ2n) is 6.06. The fourth-order valence-electron chi connectivity index (χ4n) is 3.15. The van der Waals surface area contributed by atoms with Gasteiger partial charge in [0.15, 0.2) is 0 Å². The quantitative estimate of drug-likeness (QED) is 0.919. The molecule has 1 unspecified atom stereocenters. The van der Waals surface area contributed by atoms with E-state index >= 15 is 0 Å². The Balaban J connectivity index is 1.72. The molecule has 112 valence electrons. The molecule has 1 atom stereocenters. The third-order valence-corrected chi connectivity index (χ3v) is 4.63. The topological polar surface area (TPSA) is 76.3 Å². The molecule has 0 aromatic carbocycles. The van der Waals surface area contributed by atoms with Gasteiger partial charge >= 0.3 is 0 Å². The van der Waals surface area contributed by atoms with E-state index in [4.69, 9.17) is 5.73 Å². The van der Waals surface area contributed by atoms with E-state index in [1.807, 2.05) is 17.0 Å². The van der Waals surface area contributed by atoms with Crippen LogP contribution in [0.4, 0.5) is 0 Å². The number of rotatable bonds is 3. The van der Waals surface area contributed by atoms with Crippen LogP contribution in [0.3, 0.4) is 0 Å². The van der Waals surface area contributed by atoms with Crippen molar-refractivity contribution in [2.24, 2.45) is 11.7 Å². The van der Waals surface area contributed by atoms with Crippen LogP contribution in [-0.4, -0.2) is 34.8 Å². The molecular weight excluding hydrogens is 266 g/mol. The van der Waals surface area contributed by atoms with Crippen LogP contribution in [0, 0.1) is 5.92 Å². The number of amides is 2. The molecule has 1 aromatic heterocycles. The van der Waals surface area contributed by atoms with Gasteiger partial charge in [0.1, 0.15) is 5.69 Å². The molecule has 0 spiro atoms. The lowest BCUT2D eigenvalue weighted by Crippen LogP contribution is -2.44. The predicted molar refractivity (Wildman–Crippen MR) is 78.7 cm³/mol. The third kappa shape index (κ3) is 2.91. The number of piperidine rings is 1. The highest BCUT2D eigenvalue weighted by Crippen LogP contribution is 2.32. The second kappa shape index (κ2) is 5.84. The number of nitrogens with two attached hydrogens (primary N) is 1. The van der Waals surface area contributed by atoms with Crippen molar-refractivity contribution in [1.82, 2.24) is 9.88 Å². The van der Waals surface area contributed by atoms with Crippen molar-refractivity contribution < 1.29 is 9.59 Å². The average molecular weight is 287 g/mol. The van der Waals surface area contributed by atoms with Crippen molar-refractivity contribution in [3.8, 4) is 0 Å². The smallest absolute Gasteiger partial charge is 0.267 e. The third-order valence-electron chi connectivity index (χ3n) is 4.63. The summed E-state index contributed by atoms with van der Waals surface area (Å²) in [6, 6.07) is 5.37. The minimum absolute atomic E-state index is 0.210. The monoisotopic (exact) mass is 287 g/mol. The van der Waals surface area contributed by atoms with E-state index in [0.29, 0.717) is 18.1 Å². The van der Waals surface area contributed by atoms with Gasteiger partial charge in [-0.15, -0.1) is 0 Å². The maximum absolute atomic E-state index is 12.4. The molecule has 1 aromatic rings. The number of carbonyl (C=O) groups excluding carboxylic acids is 2. The van der Waals surface area contributed by atoms with Gasteiger partial charge < -0.3 is 10.6 Å². The van der Waals surface area contributed by atoms with Crippen LogP contribution in [0.5, 0.6) is 0 Å². The van der Waals surface area contributed by atoms with Crippen LogP contribution in [0.15, 0.2) is 18.2 Å². The Bertz CT molecular complexity index is 554. The zero-order chi connectivity index (χ0) is 14.8. The Labute approximate surface area is 124 Å². The van der Waals surface area contributed by atoms with Gasteiger partial charge in [0.05, 0.1) is 0 Å². The first kappa shape index (κ1) is 14.0.